The number of carbonyl (C=O) groups is 1. The molecule has 0 aliphatic carbocycles. The Morgan fingerprint density at radius 2 is 2.40 bits per heavy atom. The van der Waals surface area contributed by atoms with Gasteiger partial charge in [0.2, 0.25) is 0 Å². The summed E-state index contributed by atoms with van der Waals surface area (Å²) in [7, 11) is 1.33. The number of hydrogen-bond acceptors (Lipinski definition) is 6. The Balaban J connectivity index is 2.17. The van der Waals surface area contributed by atoms with E-state index in [9.17, 15) is 4.79 Å². The van der Waals surface area contributed by atoms with E-state index in [4.69, 9.17) is 11.6 Å². The molecule has 0 spiro atoms. The van der Waals surface area contributed by atoms with E-state index in [1.807, 2.05) is 11.4 Å². The van der Waals surface area contributed by atoms with E-state index in [1.54, 1.807) is 11.3 Å². The van der Waals surface area contributed by atoms with Crippen LogP contribution in [0.5, 0.6) is 0 Å². The lowest BCUT2D eigenvalue weighted by Crippen LogP contribution is -2.08. The predicted molar refractivity (Wildman–Crippen MR) is 84.1 cm³/mol. The molecule has 1 atom stereocenters. The maximum atomic E-state index is 11.5. The van der Waals surface area contributed by atoms with Crippen molar-refractivity contribution in [2.45, 2.75) is 25.8 Å². The molecule has 1 unspecified atom stereocenters. The van der Waals surface area contributed by atoms with Crippen LogP contribution in [0.4, 0.5) is 5.13 Å². The zero-order chi connectivity index (χ0) is 14.5. The molecule has 108 valence electrons. The average molecular weight is 331 g/mol. The van der Waals surface area contributed by atoms with Gasteiger partial charge in [-0.05, 0) is 17.9 Å². The van der Waals surface area contributed by atoms with Crippen LogP contribution in [0.1, 0.15) is 40.4 Å². The summed E-state index contributed by atoms with van der Waals surface area (Å²) in [6.07, 6.45) is 2.05. The molecule has 20 heavy (non-hydrogen) atoms. The van der Waals surface area contributed by atoms with Crippen LogP contribution in [-0.4, -0.2) is 18.1 Å². The first-order valence-corrected chi connectivity index (χ1v) is 8.27. The molecule has 0 fully saturated rings. The number of methoxy groups -OCH3 is 1. The summed E-state index contributed by atoms with van der Waals surface area (Å²) in [4.78, 5) is 17.3. The molecule has 0 aromatic carbocycles. The lowest BCUT2D eigenvalue weighted by molar-refractivity contribution is 0.0606. The van der Waals surface area contributed by atoms with Crippen LogP contribution in [0.25, 0.3) is 0 Å². The number of nitrogens with zero attached hydrogens (tertiary/aromatic N) is 1. The van der Waals surface area contributed by atoms with Gasteiger partial charge in [0.05, 0.1) is 13.2 Å². The monoisotopic (exact) mass is 330 g/mol. The van der Waals surface area contributed by atoms with E-state index >= 15 is 0 Å². The van der Waals surface area contributed by atoms with Crippen LogP contribution in [-0.2, 0) is 4.74 Å². The minimum absolute atomic E-state index is 0.186. The lowest BCUT2D eigenvalue weighted by Gasteiger charge is -2.15. The van der Waals surface area contributed by atoms with E-state index in [-0.39, 0.29) is 11.2 Å². The molecule has 7 heteroatoms. The number of esters is 1. The number of nitrogens with one attached hydrogen (secondary N) is 1. The van der Waals surface area contributed by atoms with E-state index < -0.39 is 5.97 Å². The van der Waals surface area contributed by atoms with Gasteiger partial charge in [0.25, 0.3) is 0 Å². The second-order valence-corrected chi connectivity index (χ2v) is 6.47. The molecular weight excluding hydrogens is 316 g/mol. The minimum atomic E-state index is -0.455. The van der Waals surface area contributed by atoms with Crippen LogP contribution < -0.4 is 5.32 Å². The van der Waals surface area contributed by atoms with Gasteiger partial charge in [-0.3, -0.25) is 0 Å². The van der Waals surface area contributed by atoms with E-state index in [0.29, 0.717) is 10.0 Å². The van der Waals surface area contributed by atoms with Gasteiger partial charge >= 0.3 is 5.97 Å². The maximum Gasteiger partial charge on any atom is 0.351 e. The summed E-state index contributed by atoms with van der Waals surface area (Å²) in [5, 5.41) is 6.22. The Bertz CT molecular complexity index is 569. The van der Waals surface area contributed by atoms with Crippen molar-refractivity contribution in [3.8, 4) is 0 Å². The highest BCUT2D eigenvalue weighted by Gasteiger charge is 2.19. The SMILES string of the molecule is CCCC(Nc1nc(Cl)c(C(=O)OC)s1)c1cccs1. The average Bonchev–Trinajstić information content (AvgIpc) is 3.07. The summed E-state index contributed by atoms with van der Waals surface area (Å²) in [5.74, 6) is -0.455. The molecule has 0 radical (unpaired) electrons. The Labute approximate surface area is 130 Å². The van der Waals surface area contributed by atoms with Gasteiger partial charge in [-0.1, -0.05) is 42.3 Å². The van der Waals surface area contributed by atoms with Gasteiger partial charge in [-0.25, -0.2) is 9.78 Å². The zero-order valence-corrected chi connectivity index (χ0v) is 13.6. The molecule has 0 saturated carbocycles. The van der Waals surface area contributed by atoms with E-state index in [1.165, 1.54) is 23.3 Å². The van der Waals surface area contributed by atoms with Crippen LogP contribution in [0.3, 0.4) is 0 Å². The largest absolute Gasteiger partial charge is 0.465 e. The van der Waals surface area contributed by atoms with Gasteiger partial charge in [0.1, 0.15) is 0 Å². The van der Waals surface area contributed by atoms with Crippen LogP contribution in [0.15, 0.2) is 17.5 Å². The number of anilines is 1. The number of carbonyl (C=O) groups excluding carboxylic acids is 1. The highest BCUT2D eigenvalue weighted by atomic mass is 35.5. The van der Waals surface area contributed by atoms with E-state index in [0.717, 1.165) is 12.8 Å². The van der Waals surface area contributed by atoms with Crippen molar-refractivity contribution in [1.82, 2.24) is 4.98 Å². The molecule has 2 heterocycles. The molecule has 2 aromatic heterocycles. The molecule has 2 rings (SSSR count). The molecule has 2 aromatic rings. The number of thiophene rings is 1. The van der Waals surface area contributed by atoms with Crippen LogP contribution >= 0.6 is 34.3 Å². The summed E-state index contributed by atoms with van der Waals surface area (Å²) < 4.78 is 4.68. The fraction of sp³-hybridized carbons (Fsp3) is 0.385. The normalized spacial score (nSPS) is 12.2. The standard InChI is InChI=1S/C13H15ClN2O2S2/c1-3-5-8(9-6-4-7-19-9)15-13-16-11(14)10(20-13)12(17)18-2/h4,6-8H,3,5H2,1-2H3,(H,15,16). The smallest absolute Gasteiger partial charge is 0.351 e. The Morgan fingerprint density at radius 3 is 3.00 bits per heavy atom. The molecule has 1 N–H and O–H groups in total. The van der Waals surface area contributed by atoms with Crippen molar-refractivity contribution in [2.75, 3.05) is 12.4 Å². The highest BCUT2D eigenvalue weighted by molar-refractivity contribution is 7.18. The number of aromatic nitrogens is 1. The van der Waals surface area contributed by atoms with Gasteiger partial charge in [0, 0.05) is 4.88 Å². The van der Waals surface area contributed by atoms with Crippen LogP contribution in [0.2, 0.25) is 5.15 Å². The molecule has 0 saturated heterocycles. The minimum Gasteiger partial charge on any atom is -0.465 e. The molecule has 0 aliphatic heterocycles. The van der Waals surface area contributed by atoms with Crippen molar-refractivity contribution in [1.29, 1.82) is 0 Å². The van der Waals surface area contributed by atoms with Gasteiger partial charge in [-0.15, -0.1) is 11.3 Å². The lowest BCUT2D eigenvalue weighted by atomic mass is 10.1. The second-order valence-electron chi connectivity index (χ2n) is 4.13. The maximum absolute atomic E-state index is 11.5. The summed E-state index contributed by atoms with van der Waals surface area (Å²) in [6, 6.07) is 4.31. The van der Waals surface area contributed by atoms with Crippen molar-refractivity contribution in [3.05, 3.63) is 32.4 Å². The number of ether oxygens (including phenoxy) is 1. The summed E-state index contributed by atoms with van der Waals surface area (Å²) in [5.41, 5.74) is 0. The third-order valence-electron chi connectivity index (χ3n) is 2.72. The molecule has 0 bridgehead atoms. The van der Waals surface area contributed by atoms with Crippen molar-refractivity contribution < 1.29 is 9.53 Å². The predicted octanol–water partition coefficient (Wildman–Crippen LogP) is 4.60. The van der Waals surface area contributed by atoms with Gasteiger partial charge < -0.3 is 10.1 Å². The zero-order valence-electron chi connectivity index (χ0n) is 11.2. The number of hydrogen-bond donors (Lipinski definition) is 1. The highest BCUT2D eigenvalue weighted by Crippen LogP contribution is 2.32. The second kappa shape index (κ2) is 7.06. The Hall–Kier alpha value is -1.11. The first-order chi connectivity index (χ1) is 9.65. The summed E-state index contributed by atoms with van der Waals surface area (Å²) in [6.45, 7) is 2.14. The topological polar surface area (TPSA) is 51.2 Å². The van der Waals surface area contributed by atoms with Gasteiger partial charge in [0.15, 0.2) is 15.2 Å². The molecule has 4 nitrogen and oxygen atoms in total. The van der Waals surface area contributed by atoms with Crippen molar-refractivity contribution in [3.63, 3.8) is 0 Å². The Kier molecular flexibility index (Phi) is 5.39. The fourth-order valence-electron chi connectivity index (χ4n) is 1.79. The number of thiazole rings is 1. The van der Waals surface area contributed by atoms with Crippen molar-refractivity contribution in [2.24, 2.45) is 0 Å². The first kappa shape index (κ1) is 15.3. The third kappa shape index (κ3) is 3.50. The summed E-state index contributed by atoms with van der Waals surface area (Å²) >= 11 is 8.89. The quantitative estimate of drug-likeness (QED) is 0.786. The molecule has 0 aliphatic rings. The van der Waals surface area contributed by atoms with Crippen molar-refractivity contribution >= 4 is 45.4 Å². The first-order valence-electron chi connectivity index (χ1n) is 6.20. The van der Waals surface area contributed by atoms with E-state index in [2.05, 4.69) is 28.0 Å². The molecular formula is C13H15ClN2O2S2. The molecule has 0 amide bonds. The Morgan fingerprint density at radius 1 is 1.60 bits per heavy atom. The fourth-order valence-corrected chi connectivity index (χ4v) is 3.76. The van der Waals surface area contributed by atoms with Gasteiger partial charge in [-0.2, -0.15) is 0 Å². The third-order valence-corrected chi connectivity index (χ3v) is 5.06. The van der Waals surface area contributed by atoms with Crippen LogP contribution in [0, 0.1) is 0 Å². The number of rotatable bonds is 6. The number of halogens is 1.